The molecule has 0 aliphatic carbocycles. The smallest absolute Gasteiger partial charge is 0.272 e. The minimum Gasteiger partial charge on any atom is -0.378 e. The standard InChI is InChI=1S/C17H18ClN3O/c1-12-4-9-15(16(18)10-12)17(22)20-19-11-13-5-7-14(8-6-13)21(2)3/h4-11H,1-3H3,(H,20,22)/b19-11-. The van der Waals surface area contributed by atoms with E-state index in [4.69, 9.17) is 11.6 Å². The zero-order valence-corrected chi connectivity index (χ0v) is 13.6. The van der Waals surface area contributed by atoms with Crippen LogP contribution in [0.5, 0.6) is 0 Å². The molecule has 5 heteroatoms. The zero-order chi connectivity index (χ0) is 16.1. The maximum atomic E-state index is 12.0. The SMILES string of the molecule is Cc1ccc(C(=O)N/N=C\c2ccc(N(C)C)cc2)c(Cl)c1. The molecule has 2 rings (SSSR count). The Bertz CT molecular complexity index is 694. The monoisotopic (exact) mass is 315 g/mol. The molecular weight excluding hydrogens is 298 g/mol. The van der Waals surface area contributed by atoms with E-state index in [-0.39, 0.29) is 5.91 Å². The molecule has 0 saturated carbocycles. The zero-order valence-electron chi connectivity index (χ0n) is 12.8. The second-order valence-corrected chi connectivity index (χ2v) is 5.58. The predicted molar refractivity (Wildman–Crippen MR) is 92.0 cm³/mol. The molecule has 0 aliphatic heterocycles. The van der Waals surface area contributed by atoms with Gasteiger partial charge in [0.1, 0.15) is 0 Å². The summed E-state index contributed by atoms with van der Waals surface area (Å²) in [5.41, 5.74) is 5.90. The summed E-state index contributed by atoms with van der Waals surface area (Å²) in [6.07, 6.45) is 1.60. The Morgan fingerprint density at radius 3 is 2.45 bits per heavy atom. The fraction of sp³-hybridized carbons (Fsp3) is 0.176. The summed E-state index contributed by atoms with van der Waals surface area (Å²) >= 11 is 6.05. The van der Waals surface area contributed by atoms with Crippen LogP contribution in [0, 0.1) is 6.92 Å². The van der Waals surface area contributed by atoms with Crippen LogP contribution in [-0.2, 0) is 0 Å². The van der Waals surface area contributed by atoms with E-state index in [1.165, 1.54) is 0 Å². The molecule has 114 valence electrons. The van der Waals surface area contributed by atoms with E-state index in [9.17, 15) is 4.79 Å². The van der Waals surface area contributed by atoms with Gasteiger partial charge in [0.2, 0.25) is 0 Å². The first-order valence-corrected chi connectivity index (χ1v) is 7.22. The number of amides is 1. The number of hydrogen-bond acceptors (Lipinski definition) is 3. The lowest BCUT2D eigenvalue weighted by Gasteiger charge is -2.11. The van der Waals surface area contributed by atoms with E-state index in [0.717, 1.165) is 16.8 Å². The topological polar surface area (TPSA) is 44.7 Å². The van der Waals surface area contributed by atoms with Crippen LogP contribution in [0.1, 0.15) is 21.5 Å². The Balaban J connectivity index is 2.01. The Morgan fingerprint density at radius 2 is 1.86 bits per heavy atom. The van der Waals surface area contributed by atoms with Crippen molar-refractivity contribution in [3.8, 4) is 0 Å². The van der Waals surface area contributed by atoms with Crippen molar-refractivity contribution in [2.45, 2.75) is 6.92 Å². The number of carbonyl (C=O) groups is 1. The number of nitrogens with zero attached hydrogens (tertiary/aromatic N) is 2. The number of benzene rings is 2. The lowest BCUT2D eigenvalue weighted by molar-refractivity contribution is 0.0955. The molecule has 0 heterocycles. The van der Waals surface area contributed by atoms with Gasteiger partial charge in [-0.15, -0.1) is 0 Å². The number of carbonyl (C=O) groups excluding carboxylic acids is 1. The molecule has 0 unspecified atom stereocenters. The van der Waals surface area contributed by atoms with Crippen LogP contribution in [0.25, 0.3) is 0 Å². The van der Waals surface area contributed by atoms with Crippen LogP contribution >= 0.6 is 11.6 Å². The number of halogens is 1. The molecule has 2 aromatic rings. The Hall–Kier alpha value is -2.33. The first kappa shape index (κ1) is 16.0. The molecule has 22 heavy (non-hydrogen) atoms. The molecule has 0 bridgehead atoms. The summed E-state index contributed by atoms with van der Waals surface area (Å²) in [5.74, 6) is -0.328. The van der Waals surface area contributed by atoms with E-state index >= 15 is 0 Å². The van der Waals surface area contributed by atoms with Crippen molar-refractivity contribution in [3.05, 3.63) is 64.2 Å². The second kappa shape index (κ2) is 7.09. The van der Waals surface area contributed by atoms with Gasteiger partial charge >= 0.3 is 0 Å². The molecule has 1 amide bonds. The van der Waals surface area contributed by atoms with Crippen LogP contribution in [-0.4, -0.2) is 26.2 Å². The van der Waals surface area contributed by atoms with Gasteiger partial charge in [-0.25, -0.2) is 5.43 Å². The summed E-state index contributed by atoms with van der Waals surface area (Å²) in [6.45, 7) is 1.92. The van der Waals surface area contributed by atoms with Gasteiger partial charge in [-0.05, 0) is 42.3 Å². The van der Waals surface area contributed by atoms with Crippen molar-refractivity contribution >= 4 is 29.4 Å². The highest BCUT2D eigenvalue weighted by molar-refractivity contribution is 6.33. The number of hydrazone groups is 1. The van der Waals surface area contributed by atoms with Crippen LogP contribution < -0.4 is 10.3 Å². The highest BCUT2D eigenvalue weighted by Gasteiger charge is 2.08. The van der Waals surface area contributed by atoms with E-state index in [0.29, 0.717) is 10.6 Å². The first-order valence-electron chi connectivity index (χ1n) is 6.84. The van der Waals surface area contributed by atoms with Crippen molar-refractivity contribution in [1.29, 1.82) is 0 Å². The third-order valence-corrected chi connectivity index (χ3v) is 3.47. The fourth-order valence-electron chi connectivity index (χ4n) is 1.89. The molecule has 0 atom stereocenters. The molecule has 0 fully saturated rings. The normalized spacial score (nSPS) is 10.7. The number of rotatable bonds is 4. The average Bonchev–Trinajstić information content (AvgIpc) is 2.47. The van der Waals surface area contributed by atoms with Crippen LogP contribution in [0.2, 0.25) is 5.02 Å². The number of anilines is 1. The molecule has 0 spiro atoms. The average molecular weight is 316 g/mol. The maximum absolute atomic E-state index is 12.0. The second-order valence-electron chi connectivity index (χ2n) is 5.17. The summed E-state index contributed by atoms with van der Waals surface area (Å²) in [5, 5.41) is 4.38. The van der Waals surface area contributed by atoms with Gasteiger partial charge in [0.05, 0.1) is 16.8 Å². The van der Waals surface area contributed by atoms with E-state index < -0.39 is 0 Å². The van der Waals surface area contributed by atoms with Crippen molar-refractivity contribution in [1.82, 2.24) is 5.43 Å². The van der Waals surface area contributed by atoms with Gasteiger partial charge in [0, 0.05) is 19.8 Å². The molecule has 0 aliphatic rings. The Labute approximate surface area is 135 Å². The van der Waals surface area contributed by atoms with E-state index in [2.05, 4.69) is 10.5 Å². The van der Waals surface area contributed by atoms with Gasteiger partial charge in [-0.3, -0.25) is 4.79 Å². The van der Waals surface area contributed by atoms with Crippen LogP contribution in [0.4, 0.5) is 5.69 Å². The van der Waals surface area contributed by atoms with E-state index in [1.807, 2.05) is 56.3 Å². The molecular formula is C17H18ClN3O. The van der Waals surface area contributed by atoms with Gasteiger partial charge in [0.25, 0.3) is 5.91 Å². The van der Waals surface area contributed by atoms with Gasteiger partial charge < -0.3 is 4.90 Å². The molecule has 4 nitrogen and oxygen atoms in total. The van der Waals surface area contributed by atoms with Crippen LogP contribution in [0.15, 0.2) is 47.6 Å². The summed E-state index contributed by atoms with van der Waals surface area (Å²) in [6, 6.07) is 13.1. The van der Waals surface area contributed by atoms with Gasteiger partial charge in [-0.1, -0.05) is 29.8 Å². The van der Waals surface area contributed by atoms with Crippen molar-refractivity contribution in [2.75, 3.05) is 19.0 Å². The van der Waals surface area contributed by atoms with Gasteiger partial charge in [-0.2, -0.15) is 5.10 Å². The number of hydrogen-bond donors (Lipinski definition) is 1. The minimum atomic E-state index is -0.328. The third-order valence-electron chi connectivity index (χ3n) is 3.16. The number of nitrogens with one attached hydrogen (secondary N) is 1. The Kier molecular flexibility index (Phi) is 5.17. The lowest BCUT2D eigenvalue weighted by Crippen LogP contribution is -2.18. The molecule has 1 N–H and O–H groups in total. The fourth-order valence-corrected chi connectivity index (χ4v) is 2.21. The highest BCUT2D eigenvalue weighted by Crippen LogP contribution is 2.17. The van der Waals surface area contributed by atoms with Gasteiger partial charge in [0.15, 0.2) is 0 Å². The first-order chi connectivity index (χ1) is 10.5. The molecule has 0 saturated heterocycles. The maximum Gasteiger partial charge on any atom is 0.272 e. The summed E-state index contributed by atoms with van der Waals surface area (Å²) < 4.78 is 0. The Morgan fingerprint density at radius 1 is 1.18 bits per heavy atom. The lowest BCUT2D eigenvalue weighted by atomic mass is 10.1. The molecule has 0 aromatic heterocycles. The van der Waals surface area contributed by atoms with Crippen molar-refractivity contribution < 1.29 is 4.79 Å². The summed E-state index contributed by atoms with van der Waals surface area (Å²) in [4.78, 5) is 14.0. The molecule has 2 aromatic carbocycles. The highest BCUT2D eigenvalue weighted by atomic mass is 35.5. The van der Waals surface area contributed by atoms with E-state index in [1.54, 1.807) is 18.3 Å². The van der Waals surface area contributed by atoms with Crippen molar-refractivity contribution in [2.24, 2.45) is 5.10 Å². The quantitative estimate of drug-likeness (QED) is 0.693. The minimum absolute atomic E-state index is 0.328. The third kappa shape index (κ3) is 4.09. The molecule has 0 radical (unpaired) electrons. The van der Waals surface area contributed by atoms with Crippen LogP contribution in [0.3, 0.4) is 0 Å². The van der Waals surface area contributed by atoms with Crippen molar-refractivity contribution in [3.63, 3.8) is 0 Å². The number of aryl methyl sites for hydroxylation is 1. The largest absolute Gasteiger partial charge is 0.378 e. The summed E-state index contributed by atoms with van der Waals surface area (Å²) in [7, 11) is 3.96. The predicted octanol–water partition coefficient (Wildman–Crippen LogP) is 3.48.